The van der Waals surface area contributed by atoms with Gasteiger partial charge in [0.2, 0.25) is 5.78 Å². The summed E-state index contributed by atoms with van der Waals surface area (Å²) in [6.45, 7) is 4.76. The molecule has 2 rings (SSSR count). The van der Waals surface area contributed by atoms with Crippen LogP contribution in [0.3, 0.4) is 0 Å². The first kappa shape index (κ1) is 20.0. The second-order valence-corrected chi connectivity index (χ2v) is 5.65. The lowest BCUT2D eigenvalue weighted by atomic mass is 10.1. The third-order valence-electron chi connectivity index (χ3n) is 3.92. The van der Waals surface area contributed by atoms with E-state index in [1.165, 1.54) is 25.3 Å². The molecule has 0 spiro atoms. The Balaban J connectivity index is 2.21. The number of hydrogen-bond acceptors (Lipinski definition) is 7. The average molecular weight is 376 g/mol. The summed E-state index contributed by atoms with van der Waals surface area (Å²) in [6, 6.07) is 4.07. The molecule has 1 aromatic heterocycles. The smallest absolute Gasteiger partial charge is 0.340 e. The van der Waals surface area contributed by atoms with E-state index in [1.807, 2.05) is 0 Å². The molecule has 0 saturated carbocycles. The van der Waals surface area contributed by atoms with Crippen LogP contribution in [0.2, 0.25) is 0 Å². The molecule has 0 bridgehead atoms. The zero-order chi connectivity index (χ0) is 20.1. The van der Waals surface area contributed by atoms with Crippen molar-refractivity contribution in [3.8, 4) is 11.5 Å². The van der Waals surface area contributed by atoms with Gasteiger partial charge in [-0.05, 0) is 38.5 Å². The number of aromatic amines is 1. The van der Waals surface area contributed by atoms with E-state index in [0.717, 1.165) is 0 Å². The number of Topliss-reactive ketones (excluding diaryl/α,β-unsaturated/α-hetero) is 1. The Morgan fingerprint density at radius 1 is 1.26 bits per heavy atom. The topological polar surface area (TPSA) is 121 Å². The summed E-state index contributed by atoms with van der Waals surface area (Å²) < 4.78 is 15.3. The molecule has 0 fully saturated rings. The number of carbonyl (C=O) groups is 2. The number of nitro groups is 1. The first-order valence-electron chi connectivity index (χ1n) is 8.14. The zero-order valence-corrected chi connectivity index (χ0v) is 15.5. The fraction of sp³-hybridized carbons (Fsp3) is 0.333. The monoisotopic (exact) mass is 376 g/mol. The maximum Gasteiger partial charge on any atom is 0.340 e. The van der Waals surface area contributed by atoms with E-state index >= 15 is 0 Å². The van der Waals surface area contributed by atoms with E-state index in [9.17, 15) is 19.7 Å². The van der Waals surface area contributed by atoms with Crippen LogP contribution in [0.1, 0.15) is 39.0 Å². The van der Waals surface area contributed by atoms with Gasteiger partial charge in [-0.15, -0.1) is 0 Å². The Kier molecular flexibility index (Phi) is 6.17. The fourth-order valence-corrected chi connectivity index (χ4v) is 2.64. The molecule has 0 radical (unpaired) electrons. The minimum Gasteiger partial charge on any atom is -0.496 e. The third-order valence-corrected chi connectivity index (χ3v) is 3.92. The summed E-state index contributed by atoms with van der Waals surface area (Å²) in [5.41, 5.74) is 1.14. The van der Waals surface area contributed by atoms with E-state index in [0.29, 0.717) is 22.6 Å². The Morgan fingerprint density at radius 3 is 2.56 bits per heavy atom. The van der Waals surface area contributed by atoms with Crippen LogP contribution in [0.15, 0.2) is 18.2 Å². The van der Waals surface area contributed by atoms with Crippen molar-refractivity contribution in [1.82, 2.24) is 4.98 Å². The number of H-pyrrole nitrogens is 1. The third kappa shape index (κ3) is 4.25. The van der Waals surface area contributed by atoms with Crippen LogP contribution in [0.4, 0.5) is 5.69 Å². The quantitative estimate of drug-likeness (QED) is 0.325. The maximum atomic E-state index is 12.5. The average Bonchev–Trinajstić information content (AvgIpc) is 2.94. The van der Waals surface area contributed by atoms with Gasteiger partial charge in [0.1, 0.15) is 5.75 Å². The molecule has 1 N–H and O–H groups in total. The highest BCUT2D eigenvalue weighted by molar-refractivity contribution is 6.02. The van der Waals surface area contributed by atoms with Crippen molar-refractivity contribution in [2.75, 3.05) is 20.3 Å². The number of nitro benzene ring substituents is 1. The predicted octanol–water partition coefficient (Wildman–Crippen LogP) is 2.99. The molecule has 1 aromatic carbocycles. The number of hydrogen-bond donors (Lipinski definition) is 1. The molecule has 0 atom stereocenters. The lowest BCUT2D eigenvalue weighted by Crippen LogP contribution is -2.14. The van der Waals surface area contributed by atoms with Gasteiger partial charge in [0, 0.05) is 5.69 Å². The summed E-state index contributed by atoms with van der Waals surface area (Å²) in [6.07, 6.45) is 0. The summed E-state index contributed by atoms with van der Waals surface area (Å²) in [5.74, 6) is -0.721. The van der Waals surface area contributed by atoms with E-state index < -0.39 is 23.3 Å². The number of esters is 1. The number of carbonyl (C=O) groups excluding carboxylic acids is 2. The summed E-state index contributed by atoms with van der Waals surface area (Å²) in [5, 5.41) is 11.2. The van der Waals surface area contributed by atoms with Crippen molar-refractivity contribution in [2.45, 2.75) is 20.8 Å². The minimum atomic E-state index is -0.620. The first-order chi connectivity index (χ1) is 12.8. The Labute approximate surface area is 155 Å². The second kappa shape index (κ2) is 8.35. The molecule has 0 unspecified atom stereocenters. The number of nitrogens with zero attached hydrogens (tertiary/aromatic N) is 1. The van der Waals surface area contributed by atoms with E-state index in [-0.39, 0.29) is 23.7 Å². The van der Waals surface area contributed by atoms with Gasteiger partial charge in [-0.25, -0.2) is 4.79 Å². The molecule has 0 aliphatic carbocycles. The molecule has 9 nitrogen and oxygen atoms in total. The molecule has 27 heavy (non-hydrogen) atoms. The van der Waals surface area contributed by atoms with Crippen molar-refractivity contribution in [3.63, 3.8) is 0 Å². The lowest BCUT2D eigenvalue weighted by molar-refractivity contribution is -0.385. The molecule has 0 amide bonds. The Morgan fingerprint density at radius 2 is 1.96 bits per heavy atom. The van der Waals surface area contributed by atoms with Crippen LogP contribution >= 0.6 is 0 Å². The van der Waals surface area contributed by atoms with Crippen LogP contribution < -0.4 is 9.47 Å². The molecular formula is C18H20N2O7. The number of ketones is 1. The van der Waals surface area contributed by atoms with Gasteiger partial charge in [0.15, 0.2) is 12.4 Å². The van der Waals surface area contributed by atoms with Gasteiger partial charge in [-0.1, -0.05) is 0 Å². The molecule has 1 heterocycles. The van der Waals surface area contributed by atoms with Crippen LogP contribution in [0, 0.1) is 24.0 Å². The van der Waals surface area contributed by atoms with Crippen molar-refractivity contribution in [3.05, 3.63) is 50.8 Å². The van der Waals surface area contributed by atoms with Crippen molar-refractivity contribution < 1.29 is 28.7 Å². The fourth-order valence-electron chi connectivity index (χ4n) is 2.64. The summed E-state index contributed by atoms with van der Waals surface area (Å²) in [4.78, 5) is 37.9. The number of benzene rings is 1. The highest BCUT2D eigenvalue weighted by Gasteiger charge is 2.24. The molecule has 9 heteroatoms. The Bertz CT molecular complexity index is 886. The van der Waals surface area contributed by atoms with Gasteiger partial charge in [0.25, 0.3) is 0 Å². The summed E-state index contributed by atoms with van der Waals surface area (Å²) in [7, 11) is 1.39. The molecule has 0 aliphatic rings. The second-order valence-electron chi connectivity index (χ2n) is 5.65. The highest BCUT2D eigenvalue weighted by Crippen LogP contribution is 2.31. The first-order valence-corrected chi connectivity index (χ1v) is 8.14. The number of rotatable bonds is 8. The van der Waals surface area contributed by atoms with Gasteiger partial charge in [-0.3, -0.25) is 14.9 Å². The number of aromatic nitrogens is 1. The van der Waals surface area contributed by atoms with E-state index in [2.05, 4.69) is 4.98 Å². The number of ether oxygens (including phenoxy) is 3. The van der Waals surface area contributed by atoms with Gasteiger partial charge < -0.3 is 19.2 Å². The van der Waals surface area contributed by atoms with Crippen LogP contribution in [-0.4, -0.2) is 42.0 Å². The predicted molar refractivity (Wildman–Crippen MR) is 95.7 cm³/mol. The van der Waals surface area contributed by atoms with E-state index in [4.69, 9.17) is 14.2 Å². The van der Waals surface area contributed by atoms with Gasteiger partial charge >= 0.3 is 11.7 Å². The van der Waals surface area contributed by atoms with Crippen molar-refractivity contribution in [1.29, 1.82) is 0 Å². The molecule has 0 aliphatic heterocycles. The minimum absolute atomic E-state index is 0.0549. The normalized spacial score (nSPS) is 10.4. The Hall–Kier alpha value is -3.36. The van der Waals surface area contributed by atoms with Gasteiger partial charge in [-0.2, -0.15) is 0 Å². The SMILES string of the molecule is CCOC(=O)c1c(C)[nH]c(C(=O)COc2ccc(OC)cc2[N+](=O)[O-])c1C. The van der Waals surface area contributed by atoms with Crippen LogP contribution in [-0.2, 0) is 4.74 Å². The van der Waals surface area contributed by atoms with E-state index in [1.54, 1.807) is 20.8 Å². The summed E-state index contributed by atoms with van der Waals surface area (Å²) >= 11 is 0. The molecule has 0 saturated heterocycles. The van der Waals surface area contributed by atoms with Crippen LogP contribution in [0.5, 0.6) is 11.5 Å². The molecule has 2 aromatic rings. The largest absolute Gasteiger partial charge is 0.496 e. The van der Waals surface area contributed by atoms with Crippen LogP contribution in [0.25, 0.3) is 0 Å². The molecular weight excluding hydrogens is 356 g/mol. The van der Waals surface area contributed by atoms with Crippen molar-refractivity contribution >= 4 is 17.4 Å². The maximum absolute atomic E-state index is 12.5. The standard InChI is InChI=1S/C18H20N2O7/c1-5-26-18(22)16-10(2)17(19-11(16)3)14(21)9-27-15-7-6-12(25-4)8-13(15)20(23)24/h6-8,19H,5,9H2,1-4H3. The number of aryl methyl sites for hydroxylation is 1. The zero-order valence-electron chi connectivity index (χ0n) is 15.5. The van der Waals surface area contributed by atoms with Crippen molar-refractivity contribution in [2.24, 2.45) is 0 Å². The number of nitrogens with one attached hydrogen (secondary N) is 1. The highest BCUT2D eigenvalue weighted by atomic mass is 16.6. The molecule has 144 valence electrons. The lowest BCUT2D eigenvalue weighted by Gasteiger charge is -2.07. The number of methoxy groups -OCH3 is 1. The van der Waals surface area contributed by atoms with Gasteiger partial charge in [0.05, 0.1) is 36.0 Å².